The summed E-state index contributed by atoms with van der Waals surface area (Å²) in [4.78, 5) is 7.05. The van der Waals surface area contributed by atoms with Crippen LogP contribution in [0.1, 0.15) is 37.7 Å². The number of fused-ring (bicyclic) bond motifs is 1. The number of nitrogens with zero attached hydrogens (tertiary/aromatic N) is 1. The number of hydrogen-bond donors (Lipinski definition) is 3. The van der Waals surface area contributed by atoms with Gasteiger partial charge in [-0.3, -0.25) is 0 Å². The Balaban J connectivity index is 1.76. The Morgan fingerprint density at radius 2 is 1.85 bits per heavy atom. The number of ether oxygens (including phenoxy) is 1. The highest BCUT2D eigenvalue weighted by Gasteiger charge is 2.35. The minimum absolute atomic E-state index is 0.00184. The lowest BCUT2D eigenvalue weighted by molar-refractivity contribution is -0.136. The molecule has 0 bridgehead atoms. The summed E-state index contributed by atoms with van der Waals surface area (Å²) >= 11 is 0. The number of pyridine rings is 1. The largest absolute Gasteiger partial charge is 0.495 e. The predicted molar refractivity (Wildman–Crippen MR) is 121 cm³/mol. The molecule has 2 heterocycles. The fourth-order valence-electron chi connectivity index (χ4n) is 4.15. The molecule has 0 saturated heterocycles. The van der Waals surface area contributed by atoms with Crippen molar-refractivity contribution in [1.82, 2.24) is 9.97 Å². The van der Waals surface area contributed by atoms with Crippen LogP contribution in [-0.4, -0.2) is 37.8 Å². The van der Waals surface area contributed by atoms with Crippen molar-refractivity contribution >= 4 is 38.1 Å². The van der Waals surface area contributed by atoms with Crippen molar-refractivity contribution in [1.29, 1.82) is 0 Å². The highest BCUT2D eigenvalue weighted by atomic mass is 32.2. The number of alkyl halides is 3. The third-order valence-electron chi connectivity index (χ3n) is 5.78. The molecule has 3 aromatic rings. The third kappa shape index (κ3) is 5.02. The summed E-state index contributed by atoms with van der Waals surface area (Å²) in [6.07, 6.45) is 2.45. The Labute approximate surface area is 189 Å². The summed E-state index contributed by atoms with van der Waals surface area (Å²) in [7, 11) is -2.03. The van der Waals surface area contributed by atoms with Crippen molar-refractivity contribution in [3.8, 4) is 5.75 Å². The molecule has 178 valence electrons. The molecule has 33 heavy (non-hydrogen) atoms. The second-order valence-corrected chi connectivity index (χ2v) is 10.2. The summed E-state index contributed by atoms with van der Waals surface area (Å²) in [6, 6.07) is 5.97. The van der Waals surface area contributed by atoms with Gasteiger partial charge in [-0.15, -0.1) is 0 Å². The van der Waals surface area contributed by atoms with Crippen LogP contribution in [0.3, 0.4) is 0 Å². The summed E-state index contributed by atoms with van der Waals surface area (Å²) in [5.74, 6) is 0.561. The lowest BCUT2D eigenvalue weighted by Crippen LogP contribution is -2.22. The first-order valence-corrected chi connectivity index (χ1v) is 12.5. The van der Waals surface area contributed by atoms with Crippen LogP contribution in [0.5, 0.6) is 5.75 Å². The van der Waals surface area contributed by atoms with E-state index in [9.17, 15) is 21.6 Å². The molecule has 0 amide bonds. The molecule has 1 saturated carbocycles. The molecule has 0 radical (unpaired) electrons. The summed E-state index contributed by atoms with van der Waals surface area (Å²) < 4.78 is 69.9. The highest BCUT2D eigenvalue weighted by Crippen LogP contribution is 2.40. The average molecular weight is 483 g/mol. The fourth-order valence-corrected chi connectivity index (χ4v) is 4.78. The molecule has 0 unspecified atom stereocenters. The van der Waals surface area contributed by atoms with Gasteiger partial charge in [-0.1, -0.05) is 19.3 Å². The number of halogens is 3. The average Bonchev–Trinajstić information content (AvgIpc) is 3.19. The number of rotatable bonds is 6. The van der Waals surface area contributed by atoms with Gasteiger partial charge in [-0.2, -0.15) is 13.2 Å². The number of hydrogen-bond acceptors (Lipinski definition) is 6. The van der Waals surface area contributed by atoms with Gasteiger partial charge in [0.15, 0.2) is 9.84 Å². The van der Waals surface area contributed by atoms with E-state index in [1.807, 2.05) is 0 Å². The number of aromatic nitrogens is 2. The molecule has 3 N–H and O–H groups in total. The summed E-state index contributed by atoms with van der Waals surface area (Å²) in [5.41, 5.74) is 0.0972. The van der Waals surface area contributed by atoms with E-state index < -0.39 is 21.6 Å². The number of nitrogens with one attached hydrogen (secondary N) is 3. The van der Waals surface area contributed by atoms with Crippen LogP contribution >= 0.6 is 0 Å². The third-order valence-corrected chi connectivity index (χ3v) is 6.89. The van der Waals surface area contributed by atoms with Crippen molar-refractivity contribution in [2.75, 3.05) is 24.0 Å². The van der Waals surface area contributed by atoms with Gasteiger partial charge in [-0.05, 0) is 25.0 Å². The first-order valence-electron chi connectivity index (χ1n) is 10.6. The van der Waals surface area contributed by atoms with Gasteiger partial charge < -0.3 is 20.4 Å². The van der Waals surface area contributed by atoms with Crippen molar-refractivity contribution in [3.63, 3.8) is 0 Å². The van der Waals surface area contributed by atoms with Gasteiger partial charge in [0.2, 0.25) is 0 Å². The van der Waals surface area contributed by atoms with Gasteiger partial charge in [0, 0.05) is 36.3 Å². The molecular weight excluding hydrogens is 457 g/mol. The first-order chi connectivity index (χ1) is 15.6. The maximum atomic E-state index is 13.6. The Hall–Kier alpha value is -2.95. The molecule has 0 atom stereocenters. The van der Waals surface area contributed by atoms with Gasteiger partial charge in [-0.25, -0.2) is 13.4 Å². The number of H-pyrrole nitrogens is 1. The minimum Gasteiger partial charge on any atom is -0.495 e. The van der Waals surface area contributed by atoms with Crippen LogP contribution in [0.2, 0.25) is 0 Å². The number of sulfone groups is 1. The zero-order valence-electron chi connectivity index (χ0n) is 18.2. The zero-order chi connectivity index (χ0) is 23.8. The second kappa shape index (κ2) is 8.77. The van der Waals surface area contributed by atoms with Crippen LogP contribution in [0.15, 0.2) is 35.4 Å². The monoisotopic (exact) mass is 482 g/mol. The highest BCUT2D eigenvalue weighted by molar-refractivity contribution is 7.90. The van der Waals surface area contributed by atoms with Crippen molar-refractivity contribution < 1.29 is 26.3 Å². The summed E-state index contributed by atoms with van der Waals surface area (Å²) in [5, 5.41) is 6.34. The first kappa shape index (κ1) is 23.2. The van der Waals surface area contributed by atoms with E-state index in [2.05, 4.69) is 20.6 Å². The lowest BCUT2D eigenvalue weighted by Gasteiger charge is -2.25. The molecule has 1 aliphatic rings. The Morgan fingerprint density at radius 3 is 2.48 bits per heavy atom. The minimum atomic E-state index is -4.53. The molecule has 1 aliphatic carbocycles. The molecule has 1 fully saturated rings. The maximum absolute atomic E-state index is 13.6. The summed E-state index contributed by atoms with van der Waals surface area (Å²) in [6.45, 7) is 0. The molecule has 2 aromatic heterocycles. The van der Waals surface area contributed by atoms with Crippen molar-refractivity contribution in [2.45, 2.75) is 49.2 Å². The number of anilines is 3. The lowest BCUT2D eigenvalue weighted by atomic mass is 9.95. The fraction of sp³-hybridized carbons (Fsp3) is 0.409. The van der Waals surface area contributed by atoms with E-state index in [0.717, 1.165) is 44.6 Å². The quantitative estimate of drug-likeness (QED) is 0.431. The normalized spacial score (nSPS) is 15.5. The standard InChI is InChI=1S/C22H25F3N4O3S/c1-32-18-10-14(33(2,30)31)8-9-16(18)28-19-11-17(27-13-6-4-3-5-7-13)20-15(22(23,24)25)12-26-21(20)29-19/h8-13H,3-7H2,1-2H3,(H3,26,27,28,29). The molecule has 0 spiro atoms. The van der Waals surface area contributed by atoms with Gasteiger partial charge in [0.25, 0.3) is 0 Å². The zero-order valence-corrected chi connectivity index (χ0v) is 19.0. The topological polar surface area (TPSA) is 96.1 Å². The number of aromatic amines is 1. The smallest absolute Gasteiger partial charge is 0.418 e. The number of benzene rings is 1. The molecule has 0 aliphatic heterocycles. The number of methoxy groups -OCH3 is 1. The Kier molecular flexibility index (Phi) is 6.17. The second-order valence-electron chi connectivity index (χ2n) is 8.22. The Morgan fingerprint density at radius 1 is 1.12 bits per heavy atom. The van der Waals surface area contributed by atoms with Crippen molar-refractivity contribution in [2.24, 2.45) is 0 Å². The van der Waals surface area contributed by atoms with Crippen molar-refractivity contribution in [3.05, 3.63) is 36.0 Å². The van der Waals surface area contributed by atoms with E-state index in [1.165, 1.54) is 25.3 Å². The van der Waals surface area contributed by atoms with Gasteiger partial charge >= 0.3 is 6.18 Å². The molecule has 1 aromatic carbocycles. The van der Waals surface area contributed by atoms with E-state index in [0.29, 0.717) is 17.2 Å². The Bertz CT molecular complexity index is 1270. The van der Waals surface area contributed by atoms with Crippen LogP contribution in [0.4, 0.5) is 30.4 Å². The van der Waals surface area contributed by atoms with E-state index in [4.69, 9.17) is 4.74 Å². The van der Waals surface area contributed by atoms with E-state index in [1.54, 1.807) is 6.07 Å². The van der Waals surface area contributed by atoms with E-state index >= 15 is 0 Å². The van der Waals surface area contributed by atoms with Gasteiger partial charge in [0.05, 0.1) is 28.6 Å². The van der Waals surface area contributed by atoms with E-state index in [-0.39, 0.29) is 27.7 Å². The van der Waals surface area contributed by atoms with Crippen LogP contribution in [0, 0.1) is 0 Å². The molecule has 4 rings (SSSR count). The molecular formula is C22H25F3N4O3S. The van der Waals surface area contributed by atoms with Crippen LogP contribution < -0.4 is 15.4 Å². The SMILES string of the molecule is COc1cc(S(C)(=O)=O)ccc1Nc1cc(NC2CCCCC2)c2c(C(F)(F)F)c[nH]c2n1. The molecule has 11 heteroatoms. The van der Waals surface area contributed by atoms with Gasteiger partial charge in [0.1, 0.15) is 17.2 Å². The maximum Gasteiger partial charge on any atom is 0.418 e. The predicted octanol–water partition coefficient (Wildman–Crippen LogP) is 5.48. The van der Waals surface area contributed by atoms with Crippen LogP contribution in [0.25, 0.3) is 11.0 Å². The molecule has 7 nitrogen and oxygen atoms in total. The van der Waals surface area contributed by atoms with Crippen LogP contribution in [-0.2, 0) is 16.0 Å².